The molecule has 0 unspecified atom stereocenters. The molecule has 1 fully saturated rings. The molecule has 19 heavy (non-hydrogen) atoms. The lowest BCUT2D eigenvalue weighted by atomic mass is 10.1. The van der Waals surface area contributed by atoms with E-state index in [9.17, 15) is 4.79 Å². The van der Waals surface area contributed by atoms with E-state index >= 15 is 0 Å². The Bertz CT molecular complexity index is 408. The maximum Gasteiger partial charge on any atom is 0.267 e. The molecule has 3 N–H and O–H groups in total. The number of aromatic nitrogens is 1. The molecule has 1 saturated heterocycles. The quantitative estimate of drug-likeness (QED) is 0.888. The number of pyridine rings is 1. The summed E-state index contributed by atoms with van der Waals surface area (Å²) in [5.41, 5.74) is 5.51. The zero-order valence-electron chi connectivity index (χ0n) is 10.8. The van der Waals surface area contributed by atoms with Gasteiger partial charge in [0.05, 0.1) is 0 Å². The molecule has 0 atom stereocenters. The van der Waals surface area contributed by atoms with Crippen molar-refractivity contribution in [3.63, 3.8) is 0 Å². The number of hydrogen-bond acceptors (Lipinski definition) is 4. The first-order valence-electron chi connectivity index (χ1n) is 5.87. The minimum Gasteiger partial charge on any atom is -0.367 e. The minimum atomic E-state index is -0.489. The van der Waals surface area contributed by atoms with E-state index < -0.39 is 5.91 Å². The number of piperidine rings is 1. The van der Waals surface area contributed by atoms with E-state index in [0.29, 0.717) is 11.7 Å². The molecule has 108 valence electrons. The second-order valence-electron chi connectivity index (χ2n) is 4.49. The third-order valence-electron chi connectivity index (χ3n) is 3.07. The number of rotatable bonds is 3. The van der Waals surface area contributed by atoms with Gasteiger partial charge in [0.15, 0.2) is 0 Å². The number of amides is 1. The van der Waals surface area contributed by atoms with Crippen LogP contribution in [0.4, 0.5) is 5.82 Å². The molecule has 0 bridgehead atoms. The van der Waals surface area contributed by atoms with E-state index in [1.54, 1.807) is 12.1 Å². The van der Waals surface area contributed by atoms with Crippen LogP contribution in [0.15, 0.2) is 18.2 Å². The number of carbonyl (C=O) groups is 1. The summed E-state index contributed by atoms with van der Waals surface area (Å²) in [5.74, 6) is 0.243. The molecule has 0 aromatic carbocycles. The third-order valence-corrected chi connectivity index (χ3v) is 3.07. The Morgan fingerprint density at radius 1 is 1.37 bits per heavy atom. The summed E-state index contributed by atoms with van der Waals surface area (Å²) in [6, 6.07) is 5.72. The average molecular weight is 307 g/mol. The lowest BCUT2D eigenvalue weighted by Gasteiger charge is -2.29. The Kier molecular flexibility index (Phi) is 7.75. The number of hydrogen-bond donors (Lipinski definition) is 2. The molecule has 1 aliphatic rings. The number of nitrogens with zero attached hydrogens (tertiary/aromatic N) is 2. The number of carbonyl (C=O) groups excluding carboxylic acids is 1. The number of nitrogens with one attached hydrogen (secondary N) is 1. The largest absolute Gasteiger partial charge is 0.367 e. The van der Waals surface area contributed by atoms with E-state index in [4.69, 9.17) is 5.73 Å². The van der Waals surface area contributed by atoms with Crippen LogP contribution in [-0.4, -0.2) is 42.0 Å². The van der Waals surface area contributed by atoms with Crippen LogP contribution in [0.25, 0.3) is 0 Å². The summed E-state index contributed by atoms with van der Waals surface area (Å²) >= 11 is 0. The monoisotopic (exact) mass is 306 g/mol. The molecule has 2 rings (SSSR count). The summed E-state index contributed by atoms with van der Waals surface area (Å²) in [7, 11) is 2.13. The molecule has 7 heteroatoms. The van der Waals surface area contributed by atoms with Crippen LogP contribution in [-0.2, 0) is 0 Å². The molecular formula is C12H20Cl2N4O. The molecule has 1 aliphatic heterocycles. The van der Waals surface area contributed by atoms with Crippen molar-refractivity contribution in [3.05, 3.63) is 23.9 Å². The van der Waals surface area contributed by atoms with Gasteiger partial charge in [0, 0.05) is 6.04 Å². The van der Waals surface area contributed by atoms with Gasteiger partial charge < -0.3 is 16.0 Å². The standard InChI is InChI=1S/C12H18N4O.2ClH/c1-16-7-5-9(6-8-16)14-11-4-2-3-10(15-11)12(13)17;;/h2-4,9H,5-8H2,1H3,(H2,13,17)(H,14,15);2*1H. The lowest BCUT2D eigenvalue weighted by molar-refractivity contribution is 0.0995. The maximum atomic E-state index is 11.0. The van der Waals surface area contributed by atoms with Crippen molar-refractivity contribution >= 4 is 36.5 Å². The summed E-state index contributed by atoms with van der Waals surface area (Å²) < 4.78 is 0. The van der Waals surface area contributed by atoms with E-state index in [1.807, 2.05) is 6.07 Å². The van der Waals surface area contributed by atoms with Crippen LogP contribution in [0.2, 0.25) is 0 Å². The Labute approximate surface area is 125 Å². The third kappa shape index (κ3) is 5.22. The van der Waals surface area contributed by atoms with Crippen molar-refractivity contribution in [2.45, 2.75) is 18.9 Å². The van der Waals surface area contributed by atoms with Crippen LogP contribution in [0.1, 0.15) is 23.3 Å². The van der Waals surface area contributed by atoms with Crippen molar-refractivity contribution in [1.82, 2.24) is 9.88 Å². The molecule has 1 aromatic heterocycles. The second-order valence-corrected chi connectivity index (χ2v) is 4.49. The Balaban J connectivity index is 0.00000162. The van der Waals surface area contributed by atoms with Crippen LogP contribution < -0.4 is 11.1 Å². The van der Waals surface area contributed by atoms with Gasteiger partial charge in [0.2, 0.25) is 0 Å². The number of nitrogens with two attached hydrogens (primary N) is 1. The number of likely N-dealkylation sites (tertiary alicyclic amines) is 1. The number of halogens is 2. The number of primary amides is 1. The fourth-order valence-corrected chi connectivity index (χ4v) is 2.01. The minimum absolute atomic E-state index is 0. The highest BCUT2D eigenvalue weighted by Gasteiger charge is 2.16. The van der Waals surface area contributed by atoms with Gasteiger partial charge in [-0.3, -0.25) is 4.79 Å². The molecular weight excluding hydrogens is 287 g/mol. The van der Waals surface area contributed by atoms with Gasteiger partial charge in [-0.05, 0) is 45.1 Å². The molecule has 0 saturated carbocycles. The highest BCUT2D eigenvalue weighted by molar-refractivity contribution is 5.91. The predicted molar refractivity (Wildman–Crippen MR) is 81.4 cm³/mol. The molecule has 5 nitrogen and oxygen atoms in total. The van der Waals surface area contributed by atoms with Gasteiger partial charge in [0.25, 0.3) is 5.91 Å². The zero-order valence-corrected chi connectivity index (χ0v) is 12.5. The molecule has 0 spiro atoms. The van der Waals surface area contributed by atoms with E-state index in [0.717, 1.165) is 31.7 Å². The Hall–Kier alpha value is -1.04. The molecule has 1 aromatic rings. The summed E-state index contributed by atoms with van der Waals surface area (Å²) in [4.78, 5) is 17.5. The summed E-state index contributed by atoms with van der Waals surface area (Å²) in [6.07, 6.45) is 2.19. The van der Waals surface area contributed by atoms with Gasteiger partial charge in [-0.15, -0.1) is 24.8 Å². The van der Waals surface area contributed by atoms with Gasteiger partial charge >= 0.3 is 0 Å². The highest BCUT2D eigenvalue weighted by Crippen LogP contribution is 2.14. The fraction of sp³-hybridized carbons (Fsp3) is 0.500. The van der Waals surface area contributed by atoms with Crippen LogP contribution >= 0.6 is 24.8 Å². The van der Waals surface area contributed by atoms with E-state index in [2.05, 4.69) is 22.2 Å². The first kappa shape index (κ1) is 18.0. The van der Waals surface area contributed by atoms with Crippen molar-refractivity contribution in [3.8, 4) is 0 Å². The van der Waals surface area contributed by atoms with Crippen molar-refractivity contribution in [2.24, 2.45) is 5.73 Å². The van der Waals surface area contributed by atoms with Crippen LogP contribution in [0.5, 0.6) is 0 Å². The van der Waals surface area contributed by atoms with Crippen LogP contribution in [0.3, 0.4) is 0 Å². The predicted octanol–water partition coefficient (Wildman–Crippen LogP) is 1.53. The summed E-state index contributed by atoms with van der Waals surface area (Å²) in [6.45, 7) is 2.18. The SMILES string of the molecule is CN1CCC(Nc2cccc(C(N)=O)n2)CC1.Cl.Cl. The number of anilines is 1. The van der Waals surface area contributed by atoms with Gasteiger partial charge in [-0.2, -0.15) is 0 Å². The maximum absolute atomic E-state index is 11.0. The first-order chi connectivity index (χ1) is 8.15. The first-order valence-corrected chi connectivity index (χ1v) is 5.87. The van der Waals surface area contributed by atoms with Crippen LogP contribution in [0, 0.1) is 0 Å². The van der Waals surface area contributed by atoms with Gasteiger partial charge in [-0.1, -0.05) is 6.07 Å². The average Bonchev–Trinajstić information content (AvgIpc) is 2.32. The lowest BCUT2D eigenvalue weighted by Crippen LogP contribution is -2.36. The molecule has 2 heterocycles. The van der Waals surface area contributed by atoms with Crippen molar-refractivity contribution in [2.75, 3.05) is 25.5 Å². The Morgan fingerprint density at radius 3 is 2.58 bits per heavy atom. The summed E-state index contributed by atoms with van der Waals surface area (Å²) in [5, 5.41) is 3.35. The Morgan fingerprint density at radius 2 is 2.00 bits per heavy atom. The smallest absolute Gasteiger partial charge is 0.267 e. The van der Waals surface area contributed by atoms with Crippen molar-refractivity contribution in [1.29, 1.82) is 0 Å². The van der Waals surface area contributed by atoms with Gasteiger partial charge in [0.1, 0.15) is 11.5 Å². The highest BCUT2D eigenvalue weighted by atomic mass is 35.5. The topological polar surface area (TPSA) is 71.2 Å². The zero-order chi connectivity index (χ0) is 12.3. The van der Waals surface area contributed by atoms with E-state index in [-0.39, 0.29) is 24.8 Å². The second kappa shape index (κ2) is 8.19. The molecule has 1 amide bonds. The molecule has 0 radical (unpaired) electrons. The fourth-order valence-electron chi connectivity index (χ4n) is 2.01. The van der Waals surface area contributed by atoms with Gasteiger partial charge in [-0.25, -0.2) is 4.98 Å². The normalized spacial score (nSPS) is 16.1. The van der Waals surface area contributed by atoms with E-state index in [1.165, 1.54) is 0 Å². The van der Waals surface area contributed by atoms with Crippen molar-refractivity contribution < 1.29 is 4.79 Å². The molecule has 0 aliphatic carbocycles.